The Labute approximate surface area is 194 Å². The molecule has 34 heavy (non-hydrogen) atoms. The van der Waals surface area contributed by atoms with Crippen LogP contribution >= 0.6 is 0 Å². The Balaban J connectivity index is 1.43. The van der Waals surface area contributed by atoms with Crippen LogP contribution in [-0.2, 0) is 0 Å². The number of allylic oxidation sites excluding steroid dienone is 1. The Morgan fingerprint density at radius 3 is 2.76 bits per heavy atom. The molecule has 0 bridgehead atoms. The van der Waals surface area contributed by atoms with Gasteiger partial charge in [0.1, 0.15) is 5.69 Å². The summed E-state index contributed by atoms with van der Waals surface area (Å²) >= 11 is 0. The molecule has 1 amide bonds. The normalized spacial score (nSPS) is 12.0. The number of H-pyrrole nitrogens is 2. The summed E-state index contributed by atoms with van der Waals surface area (Å²) in [7, 11) is 1.76. The summed E-state index contributed by atoms with van der Waals surface area (Å²) in [5, 5.41) is 14.6. The molecular weight excluding hydrogens is 428 g/mol. The summed E-state index contributed by atoms with van der Waals surface area (Å²) in [6, 6.07) is 15.5. The van der Waals surface area contributed by atoms with Crippen LogP contribution in [0.25, 0.3) is 44.5 Å². The number of aromatic amines is 2. The molecular formula is C25H22N8O. The summed E-state index contributed by atoms with van der Waals surface area (Å²) in [6.45, 7) is 0. The van der Waals surface area contributed by atoms with E-state index in [0.29, 0.717) is 17.2 Å². The van der Waals surface area contributed by atoms with Crippen molar-refractivity contribution < 1.29 is 4.79 Å². The van der Waals surface area contributed by atoms with Crippen LogP contribution in [0.5, 0.6) is 0 Å². The van der Waals surface area contributed by atoms with E-state index in [1.54, 1.807) is 37.8 Å². The number of nitrogens with one attached hydrogen (secondary N) is 4. The van der Waals surface area contributed by atoms with Crippen LogP contribution in [0, 0.1) is 0 Å². The van der Waals surface area contributed by atoms with Crippen molar-refractivity contribution in [1.82, 2.24) is 35.8 Å². The van der Waals surface area contributed by atoms with Crippen molar-refractivity contribution in [3.8, 4) is 22.6 Å². The number of aromatic nitrogens is 5. The minimum absolute atomic E-state index is 0.283. The lowest BCUT2D eigenvalue weighted by atomic mass is 10.1. The Morgan fingerprint density at radius 2 is 1.91 bits per heavy atom. The Bertz CT molecular complexity index is 1560. The molecule has 2 aromatic carbocycles. The highest BCUT2D eigenvalue weighted by Gasteiger charge is 2.12. The molecule has 6 N–H and O–H groups in total. The molecule has 0 saturated heterocycles. The fourth-order valence-corrected chi connectivity index (χ4v) is 3.66. The number of benzene rings is 2. The first-order valence-electron chi connectivity index (χ1n) is 10.6. The van der Waals surface area contributed by atoms with Gasteiger partial charge in [0.2, 0.25) is 0 Å². The highest BCUT2D eigenvalue weighted by atomic mass is 16.1. The summed E-state index contributed by atoms with van der Waals surface area (Å²) in [5.41, 5.74) is 10.9. The molecule has 3 heterocycles. The second-order valence-corrected chi connectivity index (χ2v) is 7.62. The van der Waals surface area contributed by atoms with E-state index in [9.17, 15) is 4.79 Å². The van der Waals surface area contributed by atoms with E-state index in [1.807, 2.05) is 42.5 Å². The minimum atomic E-state index is -0.283. The van der Waals surface area contributed by atoms with E-state index in [0.717, 1.165) is 38.6 Å². The van der Waals surface area contributed by atoms with Gasteiger partial charge in [0.25, 0.3) is 5.91 Å². The SMILES string of the molecule is CN/C=C\C(=C/N)NC(=O)c1cc2ccc(-c3ccnc(-c4ccc5[nH]ncc5c4)n3)cc2[nH]1. The van der Waals surface area contributed by atoms with Gasteiger partial charge >= 0.3 is 0 Å². The van der Waals surface area contributed by atoms with E-state index < -0.39 is 0 Å². The molecule has 3 aromatic heterocycles. The number of carbonyl (C=O) groups excluding carboxylic acids is 1. The van der Waals surface area contributed by atoms with Gasteiger partial charge in [-0.15, -0.1) is 0 Å². The number of hydrogen-bond acceptors (Lipinski definition) is 6. The molecule has 5 aromatic rings. The number of nitrogens with zero attached hydrogens (tertiary/aromatic N) is 3. The molecule has 0 aliphatic heterocycles. The Kier molecular flexibility index (Phi) is 5.49. The molecule has 0 atom stereocenters. The van der Waals surface area contributed by atoms with Crippen molar-refractivity contribution in [1.29, 1.82) is 0 Å². The molecule has 9 nitrogen and oxygen atoms in total. The largest absolute Gasteiger partial charge is 0.403 e. The van der Waals surface area contributed by atoms with Gasteiger partial charge in [-0.05, 0) is 48.7 Å². The van der Waals surface area contributed by atoms with Crippen molar-refractivity contribution in [2.45, 2.75) is 0 Å². The summed E-state index contributed by atoms with van der Waals surface area (Å²) in [4.78, 5) is 25.0. The molecule has 0 aliphatic carbocycles. The third-order valence-electron chi connectivity index (χ3n) is 5.38. The highest BCUT2D eigenvalue weighted by Crippen LogP contribution is 2.26. The van der Waals surface area contributed by atoms with Crippen molar-refractivity contribution in [3.63, 3.8) is 0 Å². The number of rotatable bonds is 6. The first-order chi connectivity index (χ1) is 16.6. The average Bonchev–Trinajstić information content (AvgIpc) is 3.52. The van der Waals surface area contributed by atoms with Crippen molar-refractivity contribution in [3.05, 3.63) is 90.8 Å². The molecule has 0 spiro atoms. The van der Waals surface area contributed by atoms with Gasteiger partial charge in [0, 0.05) is 46.9 Å². The third-order valence-corrected chi connectivity index (χ3v) is 5.38. The van der Waals surface area contributed by atoms with Gasteiger partial charge in [-0.2, -0.15) is 5.10 Å². The van der Waals surface area contributed by atoms with Crippen LogP contribution in [0.2, 0.25) is 0 Å². The van der Waals surface area contributed by atoms with Crippen LogP contribution in [-0.4, -0.2) is 38.1 Å². The number of nitrogens with two attached hydrogens (primary N) is 1. The zero-order chi connectivity index (χ0) is 23.5. The van der Waals surface area contributed by atoms with E-state index >= 15 is 0 Å². The maximum Gasteiger partial charge on any atom is 0.272 e. The molecule has 0 fully saturated rings. The number of fused-ring (bicyclic) bond motifs is 2. The lowest BCUT2D eigenvalue weighted by Gasteiger charge is -2.05. The maximum absolute atomic E-state index is 12.7. The second kappa shape index (κ2) is 8.91. The van der Waals surface area contributed by atoms with Crippen molar-refractivity contribution in [2.75, 3.05) is 7.05 Å². The topological polar surface area (TPSA) is 137 Å². The van der Waals surface area contributed by atoms with Crippen LogP contribution in [0.3, 0.4) is 0 Å². The zero-order valence-corrected chi connectivity index (χ0v) is 18.3. The summed E-state index contributed by atoms with van der Waals surface area (Å²) in [5.74, 6) is 0.345. The lowest BCUT2D eigenvalue weighted by Crippen LogP contribution is -2.23. The van der Waals surface area contributed by atoms with Gasteiger partial charge in [0.15, 0.2) is 5.82 Å². The van der Waals surface area contributed by atoms with Crippen LogP contribution < -0.4 is 16.4 Å². The first kappa shape index (κ1) is 21.0. The lowest BCUT2D eigenvalue weighted by molar-refractivity contribution is 0.0963. The molecule has 9 heteroatoms. The monoisotopic (exact) mass is 450 g/mol. The van der Waals surface area contributed by atoms with Crippen LogP contribution in [0.15, 0.2) is 85.1 Å². The van der Waals surface area contributed by atoms with E-state index in [1.165, 1.54) is 6.20 Å². The number of carbonyl (C=O) groups is 1. The van der Waals surface area contributed by atoms with Crippen LogP contribution in [0.1, 0.15) is 10.5 Å². The fourth-order valence-electron chi connectivity index (χ4n) is 3.66. The van der Waals surface area contributed by atoms with Gasteiger partial charge < -0.3 is 21.4 Å². The second-order valence-electron chi connectivity index (χ2n) is 7.62. The summed E-state index contributed by atoms with van der Waals surface area (Å²) < 4.78 is 0. The molecule has 168 valence electrons. The molecule has 0 radical (unpaired) electrons. The van der Waals surface area contributed by atoms with Crippen LogP contribution in [0.4, 0.5) is 0 Å². The molecule has 0 aliphatic rings. The van der Waals surface area contributed by atoms with E-state index in [2.05, 4.69) is 30.8 Å². The molecule has 0 saturated carbocycles. The zero-order valence-electron chi connectivity index (χ0n) is 18.3. The Morgan fingerprint density at radius 1 is 1.03 bits per heavy atom. The first-order valence-corrected chi connectivity index (χ1v) is 10.6. The van der Waals surface area contributed by atoms with Gasteiger partial charge in [-0.25, -0.2) is 9.97 Å². The Hall–Kier alpha value is -4.92. The maximum atomic E-state index is 12.7. The smallest absolute Gasteiger partial charge is 0.272 e. The van der Waals surface area contributed by atoms with Crippen molar-refractivity contribution in [2.24, 2.45) is 5.73 Å². The average molecular weight is 451 g/mol. The summed E-state index contributed by atoms with van der Waals surface area (Å²) in [6.07, 6.45) is 8.21. The van der Waals surface area contributed by atoms with E-state index in [-0.39, 0.29) is 5.91 Å². The molecule has 5 rings (SSSR count). The highest BCUT2D eigenvalue weighted by molar-refractivity contribution is 5.99. The molecule has 0 unspecified atom stereocenters. The third kappa shape index (κ3) is 4.09. The predicted molar refractivity (Wildman–Crippen MR) is 132 cm³/mol. The predicted octanol–water partition coefficient (Wildman–Crippen LogP) is 3.43. The number of amides is 1. The van der Waals surface area contributed by atoms with Crippen molar-refractivity contribution >= 4 is 27.7 Å². The number of hydrogen-bond donors (Lipinski definition) is 5. The van der Waals surface area contributed by atoms with Gasteiger partial charge in [-0.1, -0.05) is 12.1 Å². The fraction of sp³-hybridized carbons (Fsp3) is 0.0400. The standard InChI is InChI=1S/C25H22N8O/c1-27-8-6-19(13-26)30-25(34)23-12-16-3-2-15(11-22(16)31-23)20-7-9-28-24(32-20)17-4-5-21-18(10-17)14-29-33-21/h2-14,27,31H,26H2,1H3,(H,29,33)(H,30,34)/b8-6-,19-13+. The van der Waals surface area contributed by atoms with E-state index in [4.69, 9.17) is 10.7 Å². The van der Waals surface area contributed by atoms with Gasteiger partial charge in [-0.3, -0.25) is 9.89 Å². The minimum Gasteiger partial charge on any atom is -0.403 e. The quantitative estimate of drug-likeness (QED) is 0.251. The van der Waals surface area contributed by atoms with Gasteiger partial charge in [0.05, 0.1) is 23.1 Å².